The van der Waals surface area contributed by atoms with Crippen LogP contribution >= 0.6 is 11.3 Å². The fraction of sp³-hybridized carbons (Fsp3) is 0. The second kappa shape index (κ2) is 4.92. The SMILES string of the molecule is O=S(=O)([O-])c1ccc2c(c1)sc1ccccc12.[Na+]. The van der Waals surface area contributed by atoms with Gasteiger partial charge in [0.1, 0.15) is 10.1 Å². The number of benzene rings is 2. The van der Waals surface area contributed by atoms with Crippen molar-refractivity contribution in [2.75, 3.05) is 0 Å². The quantitative estimate of drug-likeness (QED) is 0.466. The van der Waals surface area contributed by atoms with Crippen LogP contribution in [0.3, 0.4) is 0 Å². The van der Waals surface area contributed by atoms with Crippen LogP contribution in [-0.4, -0.2) is 13.0 Å². The van der Waals surface area contributed by atoms with Crippen molar-refractivity contribution in [1.82, 2.24) is 0 Å². The van der Waals surface area contributed by atoms with E-state index in [2.05, 4.69) is 0 Å². The van der Waals surface area contributed by atoms with Gasteiger partial charge in [0.05, 0.1) is 4.90 Å². The van der Waals surface area contributed by atoms with Gasteiger partial charge < -0.3 is 4.55 Å². The fourth-order valence-corrected chi connectivity index (χ4v) is 3.58. The Bertz CT molecular complexity index is 822. The van der Waals surface area contributed by atoms with Gasteiger partial charge >= 0.3 is 29.6 Å². The van der Waals surface area contributed by atoms with Crippen molar-refractivity contribution in [2.24, 2.45) is 0 Å². The van der Waals surface area contributed by atoms with E-state index in [0.717, 1.165) is 20.2 Å². The first-order valence-corrected chi connectivity index (χ1v) is 7.15. The molecule has 0 fully saturated rings. The average Bonchev–Trinajstić information content (AvgIpc) is 2.65. The molecule has 0 saturated heterocycles. The molecule has 3 aromatic rings. The number of hydrogen-bond acceptors (Lipinski definition) is 4. The zero-order valence-corrected chi connectivity index (χ0v) is 13.2. The van der Waals surface area contributed by atoms with Crippen molar-refractivity contribution in [3.8, 4) is 0 Å². The first kappa shape index (κ1) is 14.0. The van der Waals surface area contributed by atoms with E-state index in [9.17, 15) is 13.0 Å². The molecular weight excluding hydrogens is 279 g/mol. The Morgan fingerprint density at radius 2 is 1.61 bits per heavy atom. The summed E-state index contributed by atoms with van der Waals surface area (Å²) in [7, 11) is -4.38. The Balaban J connectivity index is 0.00000120. The largest absolute Gasteiger partial charge is 1.00 e. The molecule has 0 amide bonds. The van der Waals surface area contributed by atoms with E-state index in [4.69, 9.17) is 0 Å². The van der Waals surface area contributed by atoms with E-state index in [1.165, 1.54) is 23.5 Å². The smallest absolute Gasteiger partial charge is 0.744 e. The fourth-order valence-electron chi connectivity index (χ4n) is 1.86. The van der Waals surface area contributed by atoms with E-state index in [1.807, 2.05) is 24.3 Å². The van der Waals surface area contributed by atoms with Gasteiger partial charge in [-0.2, -0.15) is 0 Å². The van der Waals surface area contributed by atoms with Gasteiger partial charge in [-0.25, -0.2) is 8.42 Å². The zero-order valence-electron chi connectivity index (χ0n) is 9.58. The van der Waals surface area contributed by atoms with Crippen LogP contribution in [0.1, 0.15) is 0 Å². The van der Waals surface area contributed by atoms with Crippen LogP contribution in [0.15, 0.2) is 47.4 Å². The first-order chi connectivity index (χ1) is 8.05. The van der Waals surface area contributed by atoms with Crippen LogP contribution in [0, 0.1) is 0 Å². The number of hydrogen-bond donors (Lipinski definition) is 0. The molecule has 1 aromatic heterocycles. The van der Waals surface area contributed by atoms with Gasteiger partial charge in [-0.1, -0.05) is 24.3 Å². The van der Waals surface area contributed by atoms with Gasteiger partial charge in [-0.3, -0.25) is 0 Å². The number of fused-ring (bicyclic) bond motifs is 3. The molecule has 0 atom stereocenters. The first-order valence-electron chi connectivity index (χ1n) is 4.93. The molecule has 0 aliphatic rings. The molecule has 6 heteroatoms. The summed E-state index contributed by atoms with van der Waals surface area (Å²) in [6.45, 7) is 0. The molecule has 1 heterocycles. The molecular formula is C12H7NaO3S2. The minimum Gasteiger partial charge on any atom is -0.744 e. The molecule has 0 aliphatic heterocycles. The average molecular weight is 286 g/mol. The standard InChI is InChI=1S/C12H8O3S2.Na/c13-17(14,15)8-5-6-10-9-3-1-2-4-11(9)16-12(10)7-8;/h1-7H,(H,13,14,15);/q;+1/p-1. The summed E-state index contributed by atoms with van der Waals surface area (Å²) in [6, 6.07) is 12.3. The Morgan fingerprint density at radius 3 is 2.33 bits per heavy atom. The molecule has 0 unspecified atom stereocenters. The minimum atomic E-state index is -4.38. The van der Waals surface area contributed by atoms with Crippen LogP contribution in [-0.2, 0) is 10.1 Å². The van der Waals surface area contributed by atoms with Crippen molar-refractivity contribution in [2.45, 2.75) is 4.90 Å². The minimum absolute atomic E-state index is 0. The van der Waals surface area contributed by atoms with Gasteiger partial charge in [-0.15, -0.1) is 11.3 Å². The summed E-state index contributed by atoms with van der Waals surface area (Å²) in [5, 5.41) is 2.07. The summed E-state index contributed by atoms with van der Waals surface area (Å²) in [5.41, 5.74) is 0. The van der Waals surface area contributed by atoms with E-state index in [0.29, 0.717) is 0 Å². The summed E-state index contributed by atoms with van der Waals surface area (Å²) >= 11 is 1.49. The molecule has 0 saturated carbocycles. The molecule has 0 aliphatic carbocycles. The monoisotopic (exact) mass is 286 g/mol. The Kier molecular flexibility index (Phi) is 3.82. The van der Waals surface area contributed by atoms with Crippen LogP contribution in [0.25, 0.3) is 20.2 Å². The Hall–Kier alpha value is -0.430. The van der Waals surface area contributed by atoms with Crippen molar-refractivity contribution in [1.29, 1.82) is 0 Å². The third-order valence-electron chi connectivity index (χ3n) is 2.64. The van der Waals surface area contributed by atoms with Crippen molar-refractivity contribution >= 4 is 41.6 Å². The number of thiophene rings is 1. The van der Waals surface area contributed by atoms with Crippen LogP contribution in [0.2, 0.25) is 0 Å². The third-order valence-corrected chi connectivity index (χ3v) is 4.60. The second-order valence-electron chi connectivity index (χ2n) is 3.71. The molecule has 0 spiro atoms. The molecule has 2 aromatic carbocycles. The molecule has 0 bridgehead atoms. The molecule has 18 heavy (non-hydrogen) atoms. The van der Waals surface area contributed by atoms with E-state index in [-0.39, 0.29) is 34.5 Å². The maximum Gasteiger partial charge on any atom is 1.00 e. The van der Waals surface area contributed by atoms with Crippen molar-refractivity contribution in [3.05, 3.63) is 42.5 Å². The predicted molar refractivity (Wildman–Crippen MR) is 67.3 cm³/mol. The summed E-state index contributed by atoms with van der Waals surface area (Å²) in [6.07, 6.45) is 0. The summed E-state index contributed by atoms with van der Waals surface area (Å²) < 4.78 is 34.7. The maximum absolute atomic E-state index is 10.9. The van der Waals surface area contributed by atoms with E-state index in [1.54, 1.807) is 6.07 Å². The van der Waals surface area contributed by atoms with Gasteiger partial charge in [-0.05, 0) is 18.2 Å². The van der Waals surface area contributed by atoms with Gasteiger partial charge in [0.15, 0.2) is 0 Å². The topological polar surface area (TPSA) is 57.2 Å². The van der Waals surface area contributed by atoms with Crippen LogP contribution < -0.4 is 29.6 Å². The molecule has 86 valence electrons. The molecule has 3 rings (SSSR count). The van der Waals surface area contributed by atoms with Crippen LogP contribution in [0.5, 0.6) is 0 Å². The zero-order chi connectivity index (χ0) is 12.0. The predicted octanol–water partition coefficient (Wildman–Crippen LogP) is -0.0374. The van der Waals surface area contributed by atoms with Gasteiger partial charge in [0, 0.05) is 20.2 Å². The normalized spacial score (nSPS) is 11.6. The van der Waals surface area contributed by atoms with Crippen LogP contribution in [0.4, 0.5) is 0 Å². The third kappa shape index (κ3) is 2.34. The Morgan fingerprint density at radius 1 is 0.944 bits per heavy atom. The van der Waals surface area contributed by atoms with Gasteiger partial charge in [0.2, 0.25) is 0 Å². The molecule has 3 nitrogen and oxygen atoms in total. The van der Waals surface area contributed by atoms with Gasteiger partial charge in [0.25, 0.3) is 0 Å². The summed E-state index contributed by atoms with van der Waals surface area (Å²) in [4.78, 5) is -0.170. The maximum atomic E-state index is 10.9. The molecule has 0 radical (unpaired) electrons. The van der Waals surface area contributed by atoms with Crippen molar-refractivity contribution < 1.29 is 42.5 Å². The van der Waals surface area contributed by atoms with Crippen molar-refractivity contribution in [3.63, 3.8) is 0 Å². The number of rotatable bonds is 1. The Labute approximate surface area is 130 Å². The summed E-state index contributed by atoms with van der Waals surface area (Å²) in [5.74, 6) is 0. The van der Waals surface area contributed by atoms with E-state index < -0.39 is 10.1 Å². The van der Waals surface area contributed by atoms with E-state index >= 15 is 0 Å². The second-order valence-corrected chi connectivity index (χ2v) is 6.17. The molecule has 0 N–H and O–H groups in total.